The number of nitrogens with zero attached hydrogens (tertiary/aromatic N) is 2. The molecule has 1 unspecified atom stereocenters. The zero-order chi connectivity index (χ0) is 22.8. The Balaban J connectivity index is 1.35. The summed E-state index contributed by atoms with van der Waals surface area (Å²) in [6, 6.07) is 17.4. The molecule has 170 valence electrons. The average molecular weight is 445 g/mol. The van der Waals surface area contributed by atoms with Crippen molar-refractivity contribution in [3.63, 3.8) is 0 Å². The molecule has 0 saturated carbocycles. The van der Waals surface area contributed by atoms with Crippen LogP contribution in [0.3, 0.4) is 0 Å². The van der Waals surface area contributed by atoms with Gasteiger partial charge in [-0.1, -0.05) is 35.5 Å². The van der Waals surface area contributed by atoms with Gasteiger partial charge in [-0.15, -0.1) is 0 Å². The van der Waals surface area contributed by atoms with Gasteiger partial charge in [0.2, 0.25) is 5.91 Å². The van der Waals surface area contributed by atoms with Crippen molar-refractivity contribution in [2.45, 2.75) is 31.7 Å². The molecule has 0 spiro atoms. The molecule has 7 nitrogen and oxygen atoms in total. The molecular formula is C26H28N4O3. The van der Waals surface area contributed by atoms with Gasteiger partial charge in [-0.25, -0.2) is 0 Å². The van der Waals surface area contributed by atoms with E-state index < -0.39 is 0 Å². The lowest BCUT2D eigenvalue weighted by Gasteiger charge is -2.37. The number of hydrogen-bond donors (Lipinski definition) is 2. The number of methoxy groups -OCH3 is 1. The number of aromatic amines is 1. The maximum atomic E-state index is 13.3. The molecule has 0 bridgehead atoms. The summed E-state index contributed by atoms with van der Waals surface area (Å²) in [6.45, 7) is 3.46. The minimum absolute atomic E-state index is 0.0928. The van der Waals surface area contributed by atoms with Gasteiger partial charge in [0, 0.05) is 23.2 Å². The third kappa shape index (κ3) is 4.36. The van der Waals surface area contributed by atoms with Crippen molar-refractivity contribution in [3.8, 4) is 5.75 Å². The molecule has 1 aliphatic rings. The van der Waals surface area contributed by atoms with Gasteiger partial charge in [-0.2, -0.15) is 0 Å². The predicted molar refractivity (Wildman–Crippen MR) is 127 cm³/mol. The SMILES string of the molecule is COc1ccc2[nH]cc(C3CCN(C(C(=O)Nc4cc(C)on4)c4ccccc4)CC3)c2c1. The third-order valence-corrected chi connectivity index (χ3v) is 6.50. The highest BCUT2D eigenvalue weighted by Crippen LogP contribution is 2.37. The molecule has 4 aromatic rings. The lowest BCUT2D eigenvalue weighted by Crippen LogP contribution is -2.41. The van der Waals surface area contributed by atoms with Crippen molar-refractivity contribution in [1.82, 2.24) is 15.0 Å². The average Bonchev–Trinajstić information content (AvgIpc) is 3.45. The molecule has 1 atom stereocenters. The van der Waals surface area contributed by atoms with E-state index in [4.69, 9.17) is 9.26 Å². The number of aromatic nitrogens is 2. The van der Waals surface area contributed by atoms with Crippen molar-refractivity contribution in [1.29, 1.82) is 0 Å². The quantitative estimate of drug-likeness (QED) is 0.436. The van der Waals surface area contributed by atoms with Gasteiger partial charge < -0.3 is 19.6 Å². The topological polar surface area (TPSA) is 83.4 Å². The number of rotatable bonds is 6. The Labute approximate surface area is 192 Å². The fourth-order valence-corrected chi connectivity index (χ4v) is 4.84. The number of amides is 1. The minimum atomic E-state index is -0.382. The van der Waals surface area contributed by atoms with E-state index in [0.717, 1.165) is 42.8 Å². The molecule has 2 aromatic heterocycles. The number of carbonyl (C=O) groups is 1. The first-order valence-electron chi connectivity index (χ1n) is 11.3. The van der Waals surface area contributed by atoms with Crippen LogP contribution in [0, 0.1) is 6.92 Å². The van der Waals surface area contributed by atoms with E-state index in [1.165, 1.54) is 10.9 Å². The summed E-state index contributed by atoms with van der Waals surface area (Å²) in [7, 11) is 1.70. The first kappa shape index (κ1) is 21.3. The van der Waals surface area contributed by atoms with E-state index in [1.807, 2.05) is 43.3 Å². The molecule has 0 aliphatic carbocycles. The van der Waals surface area contributed by atoms with E-state index in [-0.39, 0.29) is 11.9 Å². The number of hydrogen-bond acceptors (Lipinski definition) is 5. The summed E-state index contributed by atoms with van der Waals surface area (Å²) in [5, 5.41) is 8.07. The standard InChI is InChI=1S/C26H28N4O3/c1-17-14-24(29-33-17)28-26(31)25(19-6-4-3-5-7-19)30-12-10-18(11-13-30)22-16-27-23-9-8-20(32-2)15-21(22)23/h3-9,14-16,18,25,27H,10-13H2,1-2H3,(H,28,29,31). The normalized spacial score (nSPS) is 16.1. The number of piperidine rings is 1. The summed E-state index contributed by atoms with van der Waals surface area (Å²) in [5.74, 6) is 2.31. The summed E-state index contributed by atoms with van der Waals surface area (Å²) in [4.78, 5) is 19.0. The minimum Gasteiger partial charge on any atom is -0.497 e. The number of anilines is 1. The smallest absolute Gasteiger partial charge is 0.247 e. The van der Waals surface area contributed by atoms with E-state index in [0.29, 0.717) is 17.5 Å². The van der Waals surface area contributed by atoms with Crippen LogP contribution in [0.1, 0.15) is 41.7 Å². The maximum absolute atomic E-state index is 13.3. The lowest BCUT2D eigenvalue weighted by atomic mass is 9.88. The largest absolute Gasteiger partial charge is 0.497 e. The van der Waals surface area contributed by atoms with Gasteiger partial charge in [0.25, 0.3) is 0 Å². The zero-order valence-corrected chi connectivity index (χ0v) is 18.9. The van der Waals surface area contributed by atoms with Gasteiger partial charge in [0.1, 0.15) is 17.6 Å². The molecular weight excluding hydrogens is 416 g/mol. The Morgan fingerprint density at radius 2 is 1.97 bits per heavy atom. The Morgan fingerprint density at radius 1 is 1.18 bits per heavy atom. The van der Waals surface area contributed by atoms with Gasteiger partial charge in [0.15, 0.2) is 5.82 Å². The van der Waals surface area contributed by atoms with Crippen molar-refractivity contribution in [2.24, 2.45) is 0 Å². The van der Waals surface area contributed by atoms with Crippen molar-refractivity contribution < 1.29 is 14.1 Å². The monoisotopic (exact) mass is 444 g/mol. The molecule has 2 aromatic carbocycles. The van der Waals surface area contributed by atoms with Gasteiger partial charge in [0.05, 0.1) is 7.11 Å². The van der Waals surface area contributed by atoms with Crippen LogP contribution >= 0.6 is 0 Å². The summed E-state index contributed by atoms with van der Waals surface area (Å²) >= 11 is 0. The second-order valence-electron chi connectivity index (χ2n) is 8.59. The third-order valence-electron chi connectivity index (χ3n) is 6.50. The Kier molecular flexibility index (Phi) is 5.88. The highest BCUT2D eigenvalue weighted by atomic mass is 16.5. The molecule has 1 amide bonds. The summed E-state index contributed by atoms with van der Waals surface area (Å²) in [5.41, 5.74) is 3.42. The predicted octanol–water partition coefficient (Wildman–Crippen LogP) is 5.03. The van der Waals surface area contributed by atoms with Crippen LogP contribution in [0.2, 0.25) is 0 Å². The van der Waals surface area contributed by atoms with Gasteiger partial charge in [-0.3, -0.25) is 9.69 Å². The van der Waals surface area contributed by atoms with Crippen LogP contribution in [0.5, 0.6) is 5.75 Å². The molecule has 2 N–H and O–H groups in total. The molecule has 3 heterocycles. The zero-order valence-electron chi connectivity index (χ0n) is 18.9. The van der Waals surface area contributed by atoms with Crippen LogP contribution < -0.4 is 10.1 Å². The van der Waals surface area contributed by atoms with Crippen LogP contribution in [0.4, 0.5) is 5.82 Å². The van der Waals surface area contributed by atoms with Crippen LogP contribution in [0.25, 0.3) is 10.9 Å². The second-order valence-corrected chi connectivity index (χ2v) is 8.59. The Bertz CT molecular complexity index is 1240. The molecule has 1 aliphatic heterocycles. The fourth-order valence-electron chi connectivity index (χ4n) is 4.84. The Hall–Kier alpha value is -3.58. The number of aryl methyl sites for hydroxylation is 1. The van der Waals surface area contributed by atoms with Crippen molar-refractivity contribution in [3.05, 3.63) is 77.7 Å². The molecule has 1 fully saturated rings. The molecule has 0 radical (unpaired) electrons. The highest BCUT2D eigenvalue weighted by Gasteiger charge is 2.32. The second kappa shape index (κ2) is 9.11. The number of carbonyl (C=O) groups excluding carboxylic acids is 1. The number of fused-ring (bicyclic) bond motifs is 1. The van der Waals surface area contributed by atoms with E-state index >= 15 is 0 Å². The maximum Gasteiger partial charge on any atom is 0.247 e. The summed E-state index contributed by atoms with van der Waals surface area (Å²) in [6.07, 6.45) is 4.08. The van der Waals surface area contributed by atoms with E-state index in [9.17, 15) is 4.79 Å². The van der Waals surface area contributed by atoms with Crippen molar-refractivity contribution >= 4 is 22.6 Å². The first-order valence-corrected chi connectivity index (χ1v) is 11.3. The molecule has 7 heteroatoms. The molecule has 33 heavy (non-hydrogen) atoms. The summed E-state index contributed by atoms with van der Waals surface area (Å²) < 4.78 is 10.5. The van der Waals surface area contributed by atoms with Crippen LogP contribution in [-0.2, 0) is 4.79 Å². The van der Waals surface area contributed by atoms with Crippen LogP contribution in [0.15, 0.2) is 65.3 Å². The first-order chi connectivity index (χ1) is 16.1. The Morgan fingerprint density at radius 3 is 2.67 bits per heavy atom. The molecule has 1 saturated heterocycles. The number of H-pyrrole nitrogens is 1. The number of nitrogens with one attached hydrogen (secondary N) is 2. The van der Waals surface area contributed by atoms with E-state index in [1.54, 1.807) is 13.2 Å². The van der Waals surface area contributed by atoms with Gasteiger partial charge in [-0.05, 0) is 68.1 Å². The number of benzene rings is 2. The number of ether oxygens (including phenoxy) is 1. The van der Waals surface area contributed by atoms with Crippen molar-refractivity contribution in [2.75, 3.05) is 25.5 Å². The highest BCUT2D eigenvalue weighted by molar-refractivity contribution is 5.94. The fraction of sp³-hybridized carbons (Fsp3) is 0.308. The van der Waals surface area contributed by atoms with Crippen LogP contribution in [-0.4, -0.2) is 41.1 Å². The number of likely N-dealkylation sites (tertiary alicyclic amines) is 1. The van der Waals surface area contributed by atoms with E-state index in [2.05, 4.69) is 38.7 Å². The lowest BCUT2D eigenvalue weighted by molar-refractivity contribution is -0.122. The molecule has 5 rings (SSSR count). The van der Waals surface area contributed by atoms with Gasteiger partial charge >= 0.3 is 0 Å².